The van der Waals surface area contributed by atoms with Gasteiger partial charge in [-0.05, 0) is 42.1 Å². The van der Waals surface area contributed by atoms with Gasteiger partial charge in [0.05, 0.1) is 11.3 Å². The highest BCUT2D eigenvalue weighted by atomic mass is 19.4. The normalized spacial score (nSPS) is 22.5. The van der Waals surface area contributed by atoms with Crippen molar-refractivity contribution in [1.82, 2.24) is 5.32 Å². The van der Waals surface area contributed by atoms with E-state index < -0.39 is 11.7 Å². The molecule has 4 rings (SSSR count). The van der Waals surface area contributed by atoms with E-state index >= 15 is 0 Å². The van der Waals surface area contributed by atoms with E-state index in [2.05, 4.69) is 17.6 Å². The maximum atomic E-state index is 13.9. The van der Waals surface area contributed by atoms with Gasteiger partial charge in [-0.1, -0.05) is 37.3 Å². The van der Waals surface area contributed by atoms with Gasteiger partial charge in [-0.3, -0.25) is 0 Å². The molecule has 3 atom stereocenters. The third-order valence-electron chi connectivity index (χ3n) is 6.12. The van der Waals surface area contributed by atoms with Crippen LogP contribution in [0.3, 0.4) is 0 Å². The number of nitrogens with zero attached hydrogens (tertiary/aromatic N) is 1. The first kappa shape index (κ1) is 19.1. The molecular weight excluding hydrogens is 363 g/mol. The van der Waals surface area contributed by atoms with Crippen LogP contribution in [0.25, 0.3) is 0 Å². The van der Waals surface area contributed by atoms with Crippen molar-refractivity contribution in [3.05, 3.63) is 59.2 Å². The molecule has 0 spiro atoms. The van der Waals surface area contributed by atoms with Gasteiger partial charge < -0.3 is 15.5 Å². The Morgan fingerprint density at radius 1 is 1.21 bits per heavy atom. The van der Waals surface area contributed by atoms with E-state index in [1.165, 1.54) is 11.6 Å². The molecule has 2 N–H and O–H groups in total. The van der Waals surface area contributed by atoms with Gasteiger partial charge in [0.25, 0.3) is 0 Å². The number of nitrogens with one attached hydrogen (secondary N) is 2. The van der Waals surface area contributed by atoms with E-state index in [1.807, 2.05) is 41.3 Å². The van der Waals surface area contributed by atoms with Gasteiger partial charge in [-0.15, -0.1) is 0 Å². The van der Waals surface area contributed by atoms with Crippen LogP contribution in [0.4, 0.5) is 24.5 Å². The third kappa shape index (κ3) is 3.46. The summed E-state index contributed by atoms with van der Waals surface area (Å²) in [5.74, 6) is 0.304. The molecule has 1 fully saturated rings. The van der Waals surface area contributed by atoms with Crippen molar-refractivity contribution in [2.45, 2.75) is 37.4 Å². The minimum absolute atomic E-state index is 0.100. The summed E-state index contributed by atoms with van der Waals surface area (Å²) in [4.78, 5) is 1.85. The lowest BCUT2D eigenvalue weighted by molar-refractivity contribution is -0.137. The topological polar surface area (TPSA) is 27.3 Å². The van der Waals surface area contributed by atoms with Crippen LogP contribution < -0.4 is 15.5 Å². The molecule has 6 heteroatoms. The standard InChI is InChI=1S/C22H26F3N3/c1-14(15-6-4-3-5-7-15)12-27-16-10-17-18-13-26-9-8-20(18)28(2)21(17)19(11-16)22(23,24)25/h3-7,10-11,14,18,20,26-27H,8-9,12-13H2,1-2H3/t14-,18+,20+/m1/s1. The molecule has 0 bridgehead atoms. The number of hydrogen-bond donors (Lipinski definition) is 2. The van der Waals surface area contributed by atoms with E-state index in [0.29, 0.717) is 17.9 Å². The van der Waals surface area contributed by atoms with Crippen molar-refractivity contribution in [3.63, 3.8) is 0 Å². The maximum absolute atomic E-state index is 13.9. The number of benzene rings is 2. The number of halogens is 3. The lowest BCUT2D eigenvalue weighted by Gasteiger charge is -2.31. The van der Waals surface area contributed by atoms with Crippen LogP contribution in [0.15, 0.2) is 42.5 Å². The second-order valence-corrected chi connectivity index (χ2v) is 7.93. The van der Waals surface area contributed by atoms with Crippen LogP contribution >= 0.6 is 0 Å². The van der Waals surface area contributed by atoms with Crippen molar-refractivity contribution in [3.8, 4) is 0 Å². The fourth-order valence-electron chi connectivity index (χ4n) is 4.61. The van der Waals surface area contributed by atoms with Crippen LogP contribution in [0, 0.1) is 0 Å². The number of hydrogen-bond acceptors (Lipinski definition) is 3. The zero-order valence-corrected chi connectivity index (χ0v) is 16.2. The molecule has 0 aliphatic carbocycles. The summed E-state index contributed by atoms with van der Waals surface area (Å²) in [6, 6.07) is 13.4. The van der Waals surface area contributed by atoms with E-state index in [-0.39, 0.29) is 17.9 Å². The number of fused-ring (bicyclic) bond motifs is 3. The van der Waals surface area contributed by atoms with Gasteiger partial charge in [0, 0.05) is 37.8 Å². The van der Waals surface area contributed by atoms with Crippen LogP contribution in [0.1, 0.15) is 41.9 Å². The van der Waals surface area contributed by atoms with Crippen molar-refractivity contribution in [2.24, 2.45) is 0 Å². The second-order valence-electron chi connectivity index (χ2n) is 7.93. The summed E-state index contributed by atoms with van der Waals surface area (Å²) in [6.07, 6.45) is -3.51. The Morgan fingerprint density at radius 2 is 1.96 bits per heavy atom. The van der Waals surface area contributed by atoms with Crippen LogP contribution in [-0.2, 0) is 6.18 Å². The predicted molar refractivity (Wildman–Crippen MR) is 107 cm³/mol. The zero-order chi connectivity index (χ0) is 19.9. The highest BCUT2D eigenvalue weighted by molar-refractivity contribution is 5.72. The van der Waals surface area contributed by atoms with Crippen molar-refractivity contribution < 1.29 is 13.2 Å². The molecule has 28 heavy (non-hydrogen) atoms. The van der Waals surface area contributed by atoms with E-state index in [0.717, 1.165) is 25.1 Å². The van der Waals surface area contributed by atoms with Crippen LogP contribution in [0.5, 0.6) is 0 Å². The average Bonchev–Trinajstić information content (AvgIpc) is 2.98. The predicted octanol–water partition coefficient (Wildman–Crippen LogP) is 4.82. The first-order valence-electron chi connectivity index (χ1n) is 9.83. The summed E-state index contributed by atoms with van der Waals surface area (Å²) < 4.78 is 41.6. The first-order chi connectivity index (χ1) is 13.4. The molecule has 1 saturated heterocycles. The molecule has 150 valence electrons. The Kier molecular flexibility index (Phi) is 5.00. The molecule has 0 amide bonds. The molecule has 2 aliphatic rings. The summed E-state index contributed by atoms with van der Waals surface area (Å²) in [6.45, 7) is 4.24. The number of anilines is 2. The highest BCUT2D eigenvalue weighted by Gasteiger charge is 2.45. The lowest BCUT2D eigenvalue weighted by Crippen LogP contribution is -2.42. The Hall–Kier alpha value is -2.21. The fraction of sp³-hybridized carbons (Fsp3) is 0.455. The molecule has 2 aliphatic heterocycles. The van der Waals surface area contributed by atoms with Gasteiger partial charge >= 0.3 is 6.18 Å². The van der Waals surface area contributed by atoms with Crippen molar-refractivity contribution in [2.75, 3.05) is 36.9 Å². The molecule has 2 aromatic carbocycles. The van der Waals surface area contributed by atoms with Gasteiger partial charge in [-0.2, -0.15) is 13.2 Å². The molecule has 3 nitrogen and oxygen atoms in total. The number of alkyl halides is 3. The zero-order valence-electron chi connectivity index (χ0n) is 16.2. The molecule has 2 heterocycles. The average molecular weight is 389 g/mol. The van der Waals surface area contributed by atoms with Crippen LogP contribution in [0.2, 0.25) is 0 Å². The quantitative estimate of drug-likeness (QED) is 0.785. The SMILES string of the molecule is C[C@H](CNc1cc2c(c(C(F)(F)F)c1)N(C)[C@H]1CCNC[C@@H]21)c1ccccc1. The maximum Gasteiger partial charge on any atom is 0.418 e. The third-order valence-corrected chi connectivity index (χ3v) is 6.12. The minimum Gasteiger partial charge on any atom is -0.384 e. The monoisotopic (exact) mass is 389 g/mol. The Morgan fingerprint density at radius 3 is 2.68 bits per heavy atom. The smallest absolute Gasteiger partial charge is 0.384 e. The summed E-state index contributed by atoms with van der Waals surface area (Å²) in [5.41, 5.74) is 2.35. The fourth-order valence-corrected chi connectivity index (χ4v) is 4.61. The first-order valence-corrected chi connectivity index (χ1v) is 9.83. The Balaban J connectivity index is 1.64. The van der Waals surface area contributed by atoms with Crippen molar-refractivity contribution >= 4 is 11.4 Å². The minimum atomic E-state index is -4.37. The number of rotatable bonds is 4. The molecule has 0 radical (unpaired) electrons. The van der Waals surface area contributed by atoms with Gasteiger partial charge in [0.1, 0.15) is 0 Å². The molecular formula is C22H26F3N3. The summed E-state index contributed by atoms with van der Waals surface area (Å²) >= 11 is 0. The Bertz CT molecular complexity index is 835. The number of likely N-dealkylation sites (N-methyl/N-ethyl adjacent to an activating group) is 1. The van der Waals surface area contributed by atoms with E-state index in [4.69, 9.17) is 0 Å². The second kappa shape index (κ2) is 7.32. The Labute approximate surface area is 163 Å². The number of piperidine rings is 1. The van der Waals surface area contributed by atoms with E-state index in [1.54, 1.807) is 7.05 Å². The highest BCUT2D eigenvalue weighted by Crippen LogP contribution is 2.50. The van der Waals surface area contributed by atoms with Gasteiger partial charge in [-0.25, -0.2) is 0 Å². The van der Waals surface area contributed by atoms with Gasteiger partial charge in [0.15, 0.2) is 0 Å². The largest absolute Gasteiger partial charge is 0.418 e. The molecule has 0 saturated carbocycles. The molecule has 0 unspecified atom stereocenters. The lowest BCUT2D eigenvalue weighted by atomic mass is 9.89. The van der Waals surface area contributed by atoms with Gasteiger partial charge in [0.2, 0.25) is 0 Å². The molecule has 2 aromatic rings. The van der Waals surface area contributed by atoms with Crippen molar-refractivity contribution in [1.29, 1.82) is 0 Å². The summed E-state index contributed by atoms with van der Waals surface area (Å²) in [5, 5.41) is 6.60. The van der Waals surface area contributed by atoms with Crippen LogP contribution in [-0.4, -0.2) is 32.7 Å². The van der Waals surface area contributed by atoms with E-state index in [9.17, 15) is 13.2 Å². The summed E-state index contributed by atoms with van der Waals surface area (Å²) in [7, 11) is 1.80. The molecule has 0 aromatic heterocycles.